The molecule has 2 nitrogen and oxygen atoms in total. The van der Waals surface area contributed by atoms with Crippen molar-refractivity contribution in [2.24, 2.45) is 0 Å². The Balaban J connectivity index is 1.21. The van der Waals surface area contributed by atoms with Crippen molar-refractivity contribution in [3.05, 3.63) is 123 Å². The Bertz CT molecular complexity index is 2400. The largest absolute Gasteiger partial charge is 0.311 e. The number of rotatable bonds is 4. The average Bonchev–Trinajstić information content (AvgIpc) is 3.92. The van der Waals surface area contributed by atoms with Gasteiger partial charge in [-0.05, 0) is 184 Å². The molecule has 0 N–H and O–H groups in total. The predicted molar refractivity (Wildman–Crippen MR) is 254 cm³/mol. The predicted octanol–water partition coefficient (Wildman–Crippen LogP) is 13.4. The highest BCUT2D eigenvalue weighted by molar-refractivity contribution is 7.00. The second-order valence-corrected chi connectivity index (χ2v) is 21.6. The van der Waals surface area contributed by atoms with E-state index in [0.717, 1.165) is 0 Å². The van der Waals surface area contributed by atoms with Gasteiger partial charge < -0.3 is 9.80 Å². The summed E-state index contributed by atoms with van der Waals surface area (Å²) >= 11 is 0. The molecule has 2 heterocycles. The highest BCUT2D eigenvalue weighted by Gasteiger charge is 2.45. The Morgan fingerprint density at radius 2 is 0.966 bits per heavy atom. The highest BCUT2D eigenvalue weighted by Crippen LogP contribution is 2.51. The van der Waals surface area contributed by atoms with Gasteiger partial charge in [0.05, 0.1) is 5.69 Å². The summed E-state index contributed by atoms with van der Waals surface area (Å²) in [5, 5.41) is 0. The number of anilines is 6. The number of aryl methyl sites for hydroxylation is 2. The topological polar surface area (TPSA) is 6.48 Å². The second kappa shape index (κ2) is 14.2. The summed E-state index contributed by atoms with van der Waals surface area (Å²) in [6.07, 6.45) is 20.9. The molecule has 0 radical (unpaired) electrons. The molecule has 0 atom stereocenters. The molecule has 0 amide bonds. The van der Waals surface area contributed by atoms with Gasteiger partial charge in [0, 0.05) is 28.4 Å². The smallest absolute Gasteiger partial charge is 0.252 e. The Hall–Kier alpha value is -4.24. The molecule has 4 aliphatic carbocycles. The molecule has 5 aromatic rings. The number of hydrogen-bond donors (Lipinski definition) is 0. The normalized spacial score (nSPS) is 19.1. The fourth-order valence-corrected chi connectivity index (χ4v) is 12.5. The fraction of sp³-hybridized carbons (Fsp3) is 0.464. The summed E-state index contributed by atoms with van der Waals surface area (Å²) in [5.41, 5.74) is 25.5. The number of benzene rings is 5. The molecule has 2 aliphatic heterocycles. The van der Waals surface area contributed by atoms with Crippen molar-refractivity contribution in [3.8, 4) is 0 Å². The van der Waals surface area contributed by atoms with Crippen LogP contribution in [0.1, 0.15) is 175 Å². The molecular weight excluding hydrogens is 711 g/mol. The molecule has 5 aromatic carbocycles. The summed E-state index contributed by atoms with van der Waals surface area (Å²) in [6, 6.07) is 33.2. The van der Waals surface area contributed by atoms with Gasteiger partial charge in [0.2, 0.25) is 0 Å². The first kappa shape index (κ1) is 37.7. The first-order valence-corrected chi connectivity index (χ1v) is 23.9. The SMILES string of the molecule is CC(C)(C)c1cc(N2c3ccc(C4CCCCC4)cc3B3c4cc(C5CCCCC5)ccc4N(c4c5c(cc6c4CCC6)CCC5)c4cccc2c43)cc(C(C)(C)C)c1. The second-order valence-electron chi connectivity index (χ2n) is 21.6. The summed E-state index contributed by atoms with van der Waals surface area (Å²) in [4.78, 5) is 5.53. The molecular formula is C56H65BN2. The van der Waals surface area contributed by atoms with E-state index in [1.165, 1.54) is 159 Å². The molecule has 0 unspecified atom stereocenters. The lowest BCUT2D eigenvalue weighted by molar-refractivity contribution is 0.444. The van der Waals surface area contributed by atoms with E-state index in [0.29, 0.717) is 11.8 Å². The van der Waals surface area contributed by atoms with Crippen molar-refractivity contribution in [1.29, 1.82) is 0 Å². The van der Waals surface area contributed by atoms with E-state index in [1.807, 2.05) is 0 Å². The number of nitrogens with zero attached hydrogens (tertiary/aromatic N) is 2. The van der Waals surface area contributed by atoms with Crippen LogP contribution in [0.15, 0.2) is 78.9 Å². The molecule has 3 heteroatoms. The third-order valence-electron chi connectivity index (χ3n) is 15.8. The lowest BCUT2D eigenvalue weighted by atomic mass is 9.33. The summed E-state index contributed by atoms with van der Waals surface area (Å²) in [5.74, 6) is 1.31. The first-order chi connectivity index (χ1) is 28.5. The number of hydrogen-bond acceptors (Lipinski definition) is 2. The van der Waals surface area contributed by atoms with E-state index >= 15 is 0 Å². The summed E-state index contributed by atoms with van der Waals surface area (Å²) < 4.78 is 0. The minimum Gasteiger partial charge on any atom is -0.311 e. The van der Waals surface area contributed by atoms with Crippen LogP contribution in [-0.4, -0.2) is 6.71 Å². The Morgan fingerprint density at radius 1 is 0.475 bits per heavy atom. The maximum atomic E-state index is 2.82. The average molecular weight is 777 g/mol. The van der Waals surface area contributed by atoms with Crippen LogP contribution in [0.3, 0.4) is 0 Å². The van der Waals surface area contributed by atoms with Crippen LogP contribution in [0.25, 0.3) is 0 Å². The van der Waals surface area contributed by atoms with Gasteiger partial charge in [0.25, 0.3) is 6.71 Å². The molecule has 59 heavy (non-hydrogen) atoms. The molecule has 2 saturated carbocycles. The highest BCUT2D eigenvalue weighted by atomic mass is 15.2. The van der Waals surface area contributed by atoms with E-state index in [1.54, 1.807) is 39.1 Å². The number of fused-ring (bicyclic) bond motifs is 6. The molecule has 302 valence electrons. The van der Waals surface area contributed by atoms with E-state index in [2.05, 4.69) is 130 Å². The van der Waals surface area contributed by atoms with Crippen LogP contribution in [0.4, 0.5) is 34.1 Å². The fourth-order valence-electron chi connectivity index (χ4n) is 12.5. The van der Waals surface area contributed by atoms with Gasteiger partial charge >= 0.3 is 0 Å². The van der Waals surface area contributed by atoms with Gasteiger partial charge in [-0.15, -0.1) is 0 Å². The van der Waals surface area contributed by atoms with Gasteiger partial charge in [-0.25, -0.2) is 0 Å². The van der Waals surface area contributed by atoms with Crippen LogP contribution in [0, 0.1) is 0 Å². The van der Waals surface area contributed by atoms with Gasteiger partial charge in [0.15, 0.2) is 0 Å². The van der Waals surface area contributed by atoms with Crippen molar-refractivity contribution in [2.75, 3.05) is 9.80 Å². The van der Waals surface area contributed by atoms with Crippen LogP contribution in [0.5, 0.6) is 0 Å². The Morgan fingerprint density at radius 3 is 1.47 bits per heavy atom. The quantitative estimate of drug-likeness (QED) is 0.164. The van der Waals surface area contributed by atoms with Gasteiger partial charge in [-0.1, -0.05) is 123 Å². The Kier molecular flexibility index (Phi) is 9.07. The van der Waals surface area contributed by atoms with Crippen molar-refractivity contribution in [1.82, 2.24) is 0 Å². The maximum Gasteiger partial charge on any atom is 0.252 e. The van der Waals surface area contributed by atoms with Crippen molar-refractivity contribution in [2.45, 2.75) is 167 Å². The van der Waals surface area contributed by atoms with Crippen LogP contribution in [0.2, 0.25) is 0 Å². The third kappa shape index (κ3) is 6.26. The molecule has 11 rings (SSSR count). The standard InChI is InChI=1S/C56H65BN2/c1-55(2,3)42-33-43(56(4,5)6)35-44(34-42)58-49-28-26-38(36-16-9-7-10-17-36)31-47(49)57-48-32-39(37-18-11-8-12-19-37)27-29-50(48)59(52-25-15-24-51(58)53(52)57)54-45-22-13-20-40(45)30-41-21-14-23-46(41)54/h15,24-37H,7-14,16-23H2,1-6H3. The van der Waals surface area contributed by atoms with Gasteiger partial charge in [-0.2, -0.15) is 0 Å². The lowest BCUT2D eigenvalue weighted by Crippen LogP contribution is -2.61. The summed E-state index contributed by atoms with van der Waals surface area (Å²) in [6.45, 7) is 14.5. The zero-order valence-electron chi connectivity index (χ0n) is 36.9. The third-order valence-corrected chi connectivity index (χ3v) is 15.8. The van der Waals surface area contributed by atoms with Gasteiger partial charge in [0.1, 0.15) is 0 Å². The molecule has 0 aromatic heterocycles. The molecule has 0 saturated heterocycles. The molecule has 6 aliphatic rings. The molecule has 2 fully saturated rings. The van der Waals surface area contributed by atoms with Crippen molar-refractivity contribution >= 4 is 57.2 Å². The van der Waals surface area contributed by atoms with E-state index in [9.17, 15) is 0 Å². The van der Waals surface area contributed by atoms with E-state index < -0.39 is 0 Å². The minimum absolute atomic E-state index is 0.0252. The molecule has 0 spiro atoms. The van der Waals surface area contributed by atoms with Crippen LogP contribution < -0.4 is 26.2 Å². The van der Waals surface area contributed by atoms with Crippen molar-refractivity contribution < 1.29 is 0 Å². The monoisotopic (exact) mass is 777 g/mol. The van der Waals surface area contributed by atoms with E-state index in [4.69, 9.17) is 0 Å². The Labute approximate surface area is 355 Å². The van der Waals surface area contributed by atoms with Crippen LogP contribution >= 0.6 is 0 Å². The lowest BCUT2D eigenvalue weighted by Gasteiger charge is -2.45. The zero-order chi connectivity index (χ0) is 40.2. The first-order valence-electron chi connectivity index (χ1n) is 23.9. The van der Waals surface area contributed by atoms with Gasteiger partial charge in [-0.3, -0.25) is 0 Å². The van der Waals surface area contributed by atoms with Crippen molar-refractivity contribution in [3.63, 3.8) is 0 Å². The van der Waals surface area contributed by atoms with Crippen LogP contribution in [-0.2, 0) is 36.5 Å². The zero-order valence-corrected chi connectivity index (χ0v) is 36.9. The minimum atomic E-state index is 0.0252. The molecule has 0 bridgehead atoms. The summed E-state index contributed by atoms with van der Waals surface area (Å²) in [7, 11) is 0. The maximum absolute atomic E-state index is 2.82. The van der Waals surface area contributed by atoms with E-state index in [-0.39, 0.29) is 17.5 Å².